The van der Waals surface area contributed by atoms with Gasteiger partial charge in [-0.15, -0.1) is 0 Å². The van der Waals surface area contributed by atoms with E-state index in [9.17, 15) is 5.11 Å². The molecule has 0 amide bonds. The zero-order valence-electron chi connectivity index (χ0n) is 14.9. The van der Waals surface area contributed by atoms with Crippen LogP contribution in [0.1, 0.15) is 50.1 Å². The minimum absolute atomic E-state index is 0.292. The largest absolute Gasteiger partial charge is 0.508 e. The third-order valence-electron chi connectivity index (χ3n) is 6.26. The van der Waals surface area contributed by atoms with Crippen molar-refractivity contribution in [2.75, 3.05) is 0 Å². The molecular formula is C20H26N2O2. The summed E-state index contributed by atoms with van der Waals surface area (Å²) in [4.78, 5) is 0. The first kappa shape index (κ1) is 15.7. The van der Waals surface area contributed by atoms with Crippen LogP contribution in [0.25, 0.3) is 11.1 Å². The van der Waals surface area contributed by atoms with Crippen molar-refractivity contribution in [1.82, 2.24) is 10.5 Å². The van der Waals surface area contributed by atoms with E-state index < -0.39 is 0 Å². The molecule has 5 rings (SSSR count). The molecule has 3 fully saturated rings. The van der Waals surface area contributed by atoms with Crippen LogP contribution in [0.4, 0.5) is 0 Å². The number of hydrogen-bond donors (Lipinski definition) is 2. The van der Waals surface area contributed by atoms with Gasteiger partial charge in [0.2, 0.25) is 0 Å². The standard InChI is InChI=1S/C20H26N2O2/c1-12(2)19-9-20(10-19,11-19)21-8-15-5-16(7-17(23)6-15)18-13(3)22-24-14(18)4/h5-7,12,21,23H,8-11H2,1-4H3. The number of nitrogens with zero attached hydrogens (tertiary/aromatic N) is 1. The molecule has 1 aromatic heterocycles. The van der Waals surface area contributed by atoms with Gasteiger partial charge < -0.3 is 14.9 Å². The van der Waals surface area contributed by atoms with Gasteiger partial charge in [0.1, 0.15) is 11.5 Å². The summed E-state index contributed by atoms with van der Waals surface area (Å²) in [7, 11) is 0. The van der Waals surface area contributed by atoms with Crippen LogP contribution in [-0.2, 0) is 6.54 Å². The lowest BCUT2D eigenvalue weighted by atomic mass is 9.36. The number of aromatic nitrogens is 1. The van der Waals surface area contributed by atoms with E-state index >= 15 is 0 Å². The van der Waals surface area contributed by atoms with Crippen LogP contribution >= 0.6 is 0 Å². The molecule has 3 aliphatic carbocycles. The van der Waals surface area contributed by atoms with E-state index in [1.54, 1.807) is 6.07 Å². The second-order valence-corrected chi connectivity index (χ2v) is 8.27. The Labute approximate surface area is 143 Å². The van der Waals surface area contributed by atoms with Crippen LogP contribution in [0, 0.1) is 25.2 Å². The van der Waals surface area contributed by atoms with Crippen molar-refractivity contribution in [2.45, 2.75) is 59.0 Å². The second-order valence-electron chi connectivity index (χ2n) is 8.27. The maximum absolute atomic E-state index is 10.1. The molecule has 2 aromatic rings. The number of hydrogen-bond acceptors (Lipinski definition) is 4. The fraction of sp³-hybridized carbons (Fsp3) is 0.550. The van der Waals surface area contributed by atoms with Crippen molar-refractivity contribution >= 4 is 0 Å². The minimum Gasteiger partial charge on any atom is -0.508 e. The summed E-state index contributed by atoms with van der Waals surface area (Å²) in [6, 6.07) is 5.76. The minimum atomic E-state index is 0.292. The molecular weight excluding hydrogens is 300 g/mol. The monoisotopic (exact) mass is 326 g/mol. The number of benzene rings is 1. The summed E-state index contributed by atoms with van der Waals surface area (Å²) in [5.74, 6) is 1.86. The van der Waals surface area contributed by atoms with Gasteiger partial charge in [0.05, 0.1) is 5.69 Å². The molecule has 1 aromatic carbocycles. The lowest BCUT2D eigenvalue weighted by molar-refractivity contribution is -0.184. The summed E-state index contributed by atoms with van der Waals surface area (Å²) in [5.41, 5.74) is 4.87. The van der Waals surface area contributed by atoms with Gasteiger partial charge in [-0.25, -0.2) is 0 Å². The molecule has 128 valence electrons. The SMILES string of the molecule is Cc1noc(C)c1-c1cc(O)cc(CNC23CC(C(C)C)(C2)C3)c1. The van der Waals surface area contributed by atoms with E-state index in [1.807, 2.05) is 19.9 Å². The third-order valence-corrected chi connectivity index (χ3v) is 6.26. The lowest BCUT2D eigenvalue weighted by Crippen LogP contribution is -2.75. The van der Waals surface area contributed by atoms with Gasteiger partial charge in [0.25, 0.3) is 0 Å². The van der Waals surface area contributed by atoms with E-state index in [4.69, 9.17) is 4.52 Å². The molecule has 0 unspecified atom stereocenters. The highest BCUT2D eigenvalue weighted by Crippen LogP contribution is 2.70. The van der Waals surface area contributed by atoms with Gasteiger partial charge >= 0.3 is 0 Å². The topological polar surface area (TPSA) is 58.3 Å². The Kier molecular flexibility index (Phi) is 3.33. The number of phenolic OH excluding ortho intramolecular Hbond substituents is 1. The van der Waals surface area contributed by atoms with Crippen molar-refractivity contribution < 1.29 is 9.63 Å². The normalized spacial score (nSPS) is 27.9. The molecule has 4 nitrogen and oxygen atoms in total. The summed E-state index contributed by atoms with van der Waals surface area (Å²) in [5, 5.41) is 17.9. The van der Waals surface area contributed by atoms with E-state index in [0.29, 0.717) is 16.7 Å². The second kappa shape index (κ2) is 5.09. The van der Waals surface area contributed by atoms with E-state index in [-0.39, 0.29) is 0 Å². The number of rotatable bonds is 5. The number of nitrogens with one attached hydrogen (secondary N) is 1. The smallest absolute Gasteiger partial charge is 0.141 e. The quantitative estimate of drug-likeness (QED) is 0.858. The van der Waals surface area contributed by atoms with Crippen LogP contribution in [0.5, 0.6) is 5.75 Å². The zero-order chi connectivity index (χ0) is 17.1. The van der Waals surface area contributed by atoms with Gasteiger partial charge in [-0.2, -0.15) is 0 Å². The van der Waals surface area contributed by atoms with Gasteiger partial charge in [-0.1, -0.05) is 19.0 Å². The van der Waals surface area contributed by atoms with Crippen LogP contribution in [0.15, 0.2) is 22.7 Å². The molecule has 1 heterocycles. The molecule has 0 saturated heterocycles. The fourth-order valence-corrected chi connectivity index (χ4v) is 4.77. The molecule has 3 saturated carbocycles. The van der Waals surface area contributed by atoms with Gasteiger partial charge in [-0.05, 0) is 73.8 Å². The first-order valence-electron chi connectivity index (χ1n) is 8.84. The van der Waals surface area contributed by atoms with E-state index in [1.165, 1.54) is 19.3 Å². The number of aryl methyl sites for hydroxylation is 2. The number of aromatic hydroxyl groups is 1. The van der Waals surface area contributed by atoms with Gasteiger partial charge in [0, 0.05) is 17.6 Å². The molecule has 0 aliphatic heterocycles. The lowest BCUT2D eigenvalue weighted by Gasteiger charge is -2.73. The number of phenols is 1. The van der Waals surface area contributed by atoms with Crippen LogP contribution in [0.2, 0.25) is 0 Å². The van der Waals surface area contributed by atoms with E-state index in [2.05, 4.69) is 30.4 Å². The molecule has 0 spiro atoms. The average molecular weight is 326 g/mol. The van der Waals surface area contributed by atoms with Crippen molar-refractivity contribution in [3.8, 4) is 16.9 Å². The highest BCUT2D eigenvalue weighted by atomic mass is 16.5. The van der Waals surface area contributed by atoms with E-state index in [0.717, 1.165) is 40.6 Å². The zero-order valence-corrected chi connectivity index (χ0v) is 14.9. The molecule has 4 heteroatoms. The molecule has 2 bridgehead atoms. The summed E-state index contributed by atoms with van der Waals surface area (Å²) >= 11 is 0. The molecule has 0 atom stereocenters. The van der Waals surface area contributed by atoms with Crippen molar-refractivity contribution in [2.24, 2.45) is 11.3 Å². The molecule has 0 radical (unpaired) electrons. The Balaban J connectivity index is 1.49. The van der Waals surface area contributed by atoms with Crippen LogP contribution < -0.4 is 5.32 Å². The third kappa shape index (κ3) is 2.27. The fourth-order valence-electron chi connectivity index (χ4n) is 4.77. The van der Waals surface area contributed by atoms with Crippen molar-refractivity contribution in [3.63, 3.8) is 0 Å². The first-order chi connectivity index (χ1) is 11.3. The van der Waals surface area contributed by atoms with Gasteiger partial charge in [-0.3, -0.25) is 0 Å². The Bertz CT molecular complexity index is 752. The highest BCUT2D eigenvalue weighted by molar-refractivity contribution is 5.69. The Morgan fingerprint density at radius 1 is 1.21 bits per heavy atom. The average Bonchev–Trinajstić information content (AvgIpc) is 2.74. The van der Waals surface area contributed by atoms with Gasteiger partial charge in [0.15, 0.2) is 0 Å². The predicted octanol–water partition coefficient (Wildman–Crippen LogP) is 4.33. The highest BCUT2D eigenvalue weighted by Gasteiger charge is 2.68. The van der Waals surface area contributed by atoms with Crippen LogP contribution in [-0.4, -0.2) is 15.8 Å². The first-order valence-corrected chi connectivity index (χ1v) is 8.84. The molecule has 2 N–H and O–H groups in total. The molecule has 24 heavy (non-hydrogen) atoms. The van der Waals surface area contributed by atoms with Crippen LogP contribution in [0.3, 0.4) is 0 Å². The summed E-state index contributed by atoms with van der Waals surface area (Å²) < 4.78 is 5.26. The maximum atomic E-state index is 10.1. The Morgan fingerprint density at radius 2 is 1.92 bits per heavy atom. The Morgan fingerprint density at radius 3 is 2.50 bits per heavy atom. The molecule has 3 aliphatic rings. The summed E-state index contributed by atoms with van der Waals surface area (Å²) in [6.45, 7) is 9.31. The predicted molar refractivity (Wildman–Crippen MR) is 93.8 cm³/mol. The Hall–Kier alpha value is -1.81. The summed E-state index contributed by atoms with van der Waals surface area (Å²) in [6.07, 6.45) is 3.90. The maximum Gasteiger partial charge on any atom is 0.141 e. The van der Waals surface area contributed by atoms with Crippen molar-refractivity contribution in [3.05, 3.63) is 35.2 Å². The van der Waals surface area contributed by atoms with Crippen molar-refractivity contribution in [1.29, 1.82) is 0 Å².